The van der Waals surface area contributed by atoms with Crippen molar-refractivity contribution in [3.8, 4) is 11.5 Å². The first-order chi connectivity index (χ1) is 9.37. The molecule has 3 nitrogen and oxygen atoms in total. The molecule has 1 aromatic carbocycles. The van der Waals surface area contributed by atoms with Crippen LogP contribution in [0.25, 0.3) is 0 Å². The second-order valence-electron chi connectivity index (χ2n) is 4.10. The first kappa shape index (κ1) is 17.1. The van der Waals surface area contributed by atoms with Crippen molar-refractivity contribution in [2.45, 2.75) is 26.1 Å². The van der Waals surface area contributed by atoms with Crippen molar-refractivity contribution < 1.29 is 22.6 Å². The lowest BCUT2D eigenvalue weighted by Gasteiger charge is -2.15. The third-order valence-electron chi connectivity index (χ3n) is 2.50. The fourth-order valence-corrected chi connectivity index (χ4v) is 2.16. The van der Waals surface area contributed by atoms with E-state index in [1.165, 1.54) is 7.11 Å². The van der Waals surface area contributed by atoms with Gasteiger partial charge in [-0.3, -0.25) is 0 Å². The Kier molecular flexibility index (Phi) is 6.61. The second kappa shape index (κ2) is 7.73. The lowest BCUT2D eigenvalue weighted by atomic mass is 10.2. The number of halogens is 4. The molecule has 1 N–H and O–H groups in total. The van der Waals surface area contributed by atoms with E-state index in [1.807, 2.05) is 6.92 Å². The molecule has 20 heavy (non-hydrogen) atoms. The van der Waals surface area contributed by atoms with Crippen molar-refractivity contribution in [3.05, 3.63) is 22.2 Å². The van der Waals surface area contributed by atoms with Gasteiger partial charge in [0.05, 0.1) is 24.6 Å². The number of nitrogens with one attached hydrogen (secondary N) is 1. The molecule has 0 atom stereocenters. The zero-order valence-corrected chi connectivity index (χ0v) is 12.9. The highest BCUT2D eigenvalue weighted by Crippen LogP contribution is 2.37. The van der Waals surface area contributed by atoms with Crippen LogP contribution in [0.3, 0.4) is 0 Å². The Morgan fingerprint density at radius 1 is 1.30 bits per heavy atom. The quantitative estimate of drug-likeness (QED) is 0.804. The minimum absolute atomic E-state index is 0.289. The molecule has 0 fully saturated rings. The monoisotopic (exact) mass is 355 g/mol. The van der Waals surface area contributed by atoms with E-state index in [0.717, 1.165) is 12.1 Å². The van der Waals surface area contributed by atoms with Gasteiger partial charge in [0, 0.05) is 6.54 Å². The van der Waals surface area contributed by atoms with Crippen molar-refractivity contribution >= 4 is 15.9 Å². The molecule has 0 saturated carbocycles. The Balaban J connectivity index is 2.79. The molecule has 0 amide bonds. The Morgan fingerprint density at radius 2 is 2.00 bits per heavy atom. The summed E-state index contributed by atoms with van der Waals surface area (Å²) in [6.45, 7) is 3.02. The van der Waals surface area contributed by atoms with Gasteiger partial charge in [0.2, 0.25) is 0 Å². The van der Waals surface area contributed by atoms with E-state index in [0.29, 0.717) is 16.8 Å². The predicted molar refractivity (Wildman–Crippen MR) is 74.2 cm³/mol. The molecule has 0 aromatic heterocycles. The van der Waals surface area contributed by atoms with Gasteiger partial charge in [-0.05, 0) is 40.2 Å². The molecule has 0 heterocycles. The molecule has 0 aliphatic carbocycles. The van der Waals surface area contributed by atoms with Gasteiger partial charge < -0.3 is 14.8 Å². The molecule has 0 spiro atoms. The average Bonchev–Trinajstić information content (AvgIpc) is 2.36. The van der Waals surface area contributed by atoms with Crippen LogP contribution in [0.1, 0.15) is 18.9 Å². The van der Waals surface area contributed by atoms with Crippen molar-refractivity contribution in [3.63, 3.8) is 0 Å². The van der Waals surface area contributed by atoms with E-state index in [-0.39, 0.29) is 5.75 Å². The van der Waals surface area contributed by atoms with E-state index in [1.54, 1.807) is 12.1 Å². The predicted octanol–water partition coefficient (Wildman–Crippen LogP) is 3.90. The molecule has 0 radical (unpaired) electrons. The number of hydrogen-bond acceptors (Lipinski definition) is 3. The topological polar surface area (TPSA) is 30.5 Å². The van der Waals surface area contributed by atoms with E-state index in [9.17, 15) is 13.2 Å². The highest BCUT2D eigenvalue weighted by Gasteiger charge is 2.27. The van der Waals surface area contributed by atoms with Gasteiger partial charge in [-0.2, -0.15) is 13.2 Å². The van der Waals surface area contributed by atoms with Crippen LogP contribution in [0.4, 0.5) is 13.2 Å². The minimum atomic E-state index is -4.23. The maximum absolute atomic E-state index is 12.1. The minimum Gasteiger partial charge on any atom is -0.493 e. The summed E-state index contributed by atoms with van der Waals surface area (Å²) >= 11 is 3.30. The Bertz CT molecular complexity index is 438. The summed E-state index contributed by atoms with van der Waals surface area (Å²) in [4.78, 5) is 0. The fraction of sp³-hybridized carbons (Fsp3) is 0.538. The average molecular weight is 356 g/mol. The third kappa shape index (κ3) is 5.58. The molecular weight excluding hydrogens is 339 g/mol. The van der Waals surface area contributed by atoms with Crippen molar-refractivity contribution in [1.29, 1.82) is 0 Å². The summed E-state index contributed by atoms with van der Waals surface area (Å²) in [7, 11) is 1.45. The number of hydrogen-bond donors (Lipinski definition) is 1. The van der Waals surface area contributed by atoms with Crippen molar-refractivity contribution in [2.75, 3.05) is 20.3 Å². The summed E-state index contributed by atoms with van der Waals surface area (Å²) < 4.78 is 47.3. The van der Waals surface area contributed by atoms with Gasteiger partial charge in [0.1, 0.15) is 0 Å². The lowest BCUT2D eigenvalue weighted by molar-refractivity contribution is -0.139. The van der Waals surface area contributed by atoms with Gasteiger partial charge in [0.25, 0.3) is 0 Å². The molecule has 0 bridgehead atoms. The van der Waals surface area contributed by atoms with E-state index < -0.39 is 19.2 Å². The summed E-state index contributed by atoms with van der Waals surface area (Å²) in [5.74, 6) is 0.700. The Labute approximate surface area is 124 Å². The van der Waals surface area contributed by atoms with Gasteiger partial charge in [-0.15, -0.1) is 0 Å². The van der Waals surface area contributed by atoms with Crippen LogP contribution in [0.5, 0.6) is 11.5 Å². The number of methoxy groups -OCH3 is 1. The largest absolute Gasteiger partial charge is 0.493 e. The first-order valence-corrected chi connectivity index (χ1v) is 6.93. The molecular formula is C13H17BrF3NO2. The van der Waals surface area contributed by atoms with Gasteiger partial charge in [-0.25, -0.2) is 0 Å². The molecule has 0 saturated heterocycles. The summed E-state index contributed by atoms with van der Waals surface area (Å²) in [6, 6.07) is 3.55. The smallest absolute Gasteiger partial charge is 0.392 e. The number of alkyl halides is 3. The summed E-state index contributed by atoms with van der Waals surface area (Å²) in [5, 5.41) is 3.16. The van der Waals surface area contributed by atoms with Crippen LogP contribution in [-0.4, -0.2) is 26.4 Å². The summed E-state index contributed by atoms with van der Waals surface area (Å²) in [6.07, 6.45) is -5.23. The van der Waals surface area contributed by atoms with Crippen LogP contribution >= 0.6 is 15.9 Å². The third-order valence-corrected chi connectivity index (χ3v) is 3.09. The van der Waals surface area contributed by atoms with Crippen LogP contribution < -0.4 is 14.8 Å². The second-order valence-corrected chi connectivity index (χ2v) is 4.96. The molecule has 114 valence electrons. The molecule has 0 aliphatic rings. The van der Waals surface area contributed by atoms with Crippen LogP contribution in [-0.2, 0) is 6.54 Å². The van der Waals surface area contributed by atoms with Crippen LogP contribution in [0.15, 0.2) is 16.6 Å². The maximum Gasteiger partial charge on any atom is 0.392 e. The lowest BCUT2D eigenvalue weighted by Crippen LogP contribution is -2.14. The molecule has 0 unspecified atom stereocenters. The van der Waals surface area contributed by atoms with Crippen LogP contribution in [0, 0.1) is 0 Å². The fourth-order valence-electron chi connectivity index (χ4n) is 1.55. The molecule has 1 rings (SSSR count). The molecule has 0 aliphatic heterocycles. The Morgan fingerprint density at radius 3 is 2.55 bits per heavy atom. The number of benzene rings is 1. The van der Waals surface area contributed by atoms with E-state index in [2.05, 4.69) is 21.2 Å². The summed E-state index contributed by atoms with van der Waals surface area (Å²) in [5.41, 5.74) is 0.957. The van der Waals surface area contributed by atoms with E-state index in [4.69, 9.17) is 9.47 Å². The van der Waals surface area contributed by atoms with Gasteiger partial charge >= 0.3 is 6.18 Å². The maximum atomic E-state index is 12.1. The van der Waals surface area contributed by atoms with Crippen molar-refractivity contribution in [1.82, 2.24) is 5.32 Å². The normalized spacial score (nSPS) is 11.5. The molecule has 7 heteroatoms. The number of ether oxygens (including phenoxy) is 2. The SMILES string of the molecule is CCNCc1cc(Br)c(OCCC(F)(F)F)c(OC)c1. The first-order valence-electron chi connectivity index (χ1n) is 6.14. The zero-order valence-electron chi connectivity index (χ0n) is 11.3. The standard InChI is InChI=1S/C13H17BrF3NO2/c1-3-18-8-9-6-10(14)12(11(7-9)19-2)20-5-4-13(15,16)17/h6-7,18H,3-5,8H2,1-2H3. The zero-order chi connectivity index (χ0) is 15.2. The van der Waals surface area contributed by atoms with E-state index >= 15 is 0 Å². The highest BCUT2D eigenvalue weighted by molar-refractivity contribution is 9.10. The van der Waals surface area contributed by atoms with Crippen molar-refractivity contribution in [2.24, 2.45) is 0 Å². The van der Waals surface area contributed by atoms with Gasteiger partial charge in [-0.1, -0.05) is 6.92 Å². The Hall–Kier alpha value is -0.950. The number of rotatable bonds is 7. The van der Waals surface area contributed by atoms with Gasteiger partial charge in [0.15, 0.2) is 11.5 Å². The van der Waals surface area contributed by atoms with Crippen LogP contribution in [0.2, 0.25) is 0 Å². The molecule has 1 aromatic rings. The highest BCUT2D eigenvalue weighted by atomic mass is 79.9.